The average Bonchev–Trinajstić information content (AvgIpc) is 2.60. The number of hydrogen-bond donors (Lipinski definition) is 2. The average molecular weight is 174 g/mol. The van der Waals surface area contributed by atoms with E-state index >= 15 is 0 Å². The van der Waals surface area contributed by atoms with Crippen molar-refractivity contribution in [3.05, 3.63) is 35.5 Å². The molecule has 0 amide bonds. The summed E-state index contributed by atoms with van der Waals surface area (Å²) >= 11 is 0. The molecule has 0 radical (unpaired) electrons. The van der Waals surface area contributed by atoms with E-state index in [0.717, 1.165) is 6.42 Å². The second-order valence-electron chi connectivity index (χ2n) is 3.21. The van der Waals surface area contributed by atoms with Crippen molar-refractivity contribution >= 4 is 10.9 Å². The summed E-state index contributed by atoms with van der Waals surface area (Å²) in [5, 5.41) is 1.31. The largest absolute Gasteiger partial charge is 0.361 e. The molecule has 2 aromatic rings. The highest BCUT2D eigenvalue weighted by Gasteiger charge is 2.04. The topological polar surface area (TPSA) is 41.8 Å². The first kappa shape index (κ1) is 8.32. The lowest BCUT2D eigenvalue weighted by atomic mass is 10.0. The van der Waals surface area contributed by atoms with Gasteiger partial charge in [0.25, 0.3) is 0 Å². The van der Waals surface area contributed by atoms with Crippen molar-refractivity contribution < 1.29 is 0 Å². The predicted molar refractivity (Wildman–Crippen MR) is 55.6 cm³/mol. The molecule has 0 aliphatic rings. The van der Waals surface area contributed by atoms with Gasteiger partial charge < -0.3 is 10.7 Å². The molecule has 1 heterocycles. The highest BCUT2D eigenvalue weighted by molar-refractivity contribution is 5.86. The maximum atomic E-state index is 5.66. The normalized spacial score (nSPS) is 10.9. The summed E-state index contributed by atoms with van der Waals surface area (Å²) < 4.78 is 0. The van der Waals surface area contributed by atoms with Gasteiger partial charge in [-0.1, -0.05) is 19.1 Å². The highest BCUT2D eigenvalue weighted by Crippen LogP contribution is 2.22. The van der Waals surface area contributed by atoms with Crippen LogP contribution < -0.4 is 5.73 Å². The molecule has 0 bridgehead atoms. The lowest BCUT2D eigenvalue weighted by Gasteiger charge is -2.01. The van der Waals surface area contributed by atoms with Crippen molar-refractivity contribution in [2.45, 2.75) is 19.9 Å². The Morgan fingerprint density at radius 2 is 2.15 bits per heavy atom. The van der Waals surface area contributed by atoms with E-state index in [1.165, 1.54) is 22.0 Å². The molecule has 1 aromatic heterocycles. The van der Waals surface area contributed by atoms with Gasteiger partial charge in [0.1, 0.15) is 0 Å². The molecule has 0 unspecified atom stereocenters. The number of nitrogens with one attached hydrogen (secondary N) is 1. The third-order valence-electron chi connectivity index (χ3n) is 2.47. The summed E-state index contributed by atoms with van der Waals surface area (Å²) in [5.74, 6) is 0. The van der Waals surface area contributed by atoms with Gasteiger partial charge in [0, 0.05) is 23.6 Å². The van der Waals surface area contributed by atoms with Crippen molar-refractivity contribution in [2.75, 3.05) is 0 Å². The Labute approximate surface area is 77.8 Å². The molecule has 0 saturated carbocycles. The zero-order valence-electron chi connectivity index (χ0n) is 7.80. The van der Waals surface area contributed by atoms with Crippen LogP contribution in [-0.4, -0.2) is 4.98 Å². The number of fused-ring (bicyclic) bond motifs is 1. The van der Waals surface area contributed by atoms with Gasteiger partial charge in [-0.15, -0.1) is 0 Å². The first-order chi connectivity index (χ1) is 6.36. The molecule has 3 N–H and O–H groups in total. The summed E-state index contributed by atoms with van der Waals surface area (Å²) in [7, 11) is 0. The SMILES string of the molecule is CCc1cccc2[nH]cc(CN)c12. The number of hydrogen-bond acceptors (Lipinski definition) is 1. The van der Waals surface area contributed by atoms with E-state index in [1.807, 2.05) is 6.20 Å². The molecule has 0 saturated heterocycles. The van der Waals surface area contributed by atoms with Gasteiger partial charge in [-0.05, 0) is 23.6 Å². The molecule has 13 heavy (non-hydrogen) atoms. The molecule has 0 aliphatic heterocycles. The Hall–Kier alpha value is -1.28. The van der Waals surface area contributed by atoms with Crippen LogP contribution in [0.25, 0.3) is 10.9 Å². The molecule has 68 valence electrons. The van der Waals surface area contributed by atoms with Crippen LogP contribution in [0, 0.1) is 0 Å². The van der Waals surface area contributed by atoms with Crippen molar-refractivity contribution in [3.63, 3.8) is 0 Å². The van der Waals surface area contributed by atoms with Crippen molar-refractivity contribution in [1.82, 2.24) is 4.98 Å². The Bertz CT molecular complexity index is 415. The van der Waals surface area contributed by atoms with E-state index in [0.29, 0.717) is 6.54 Å². The van der Waals surface area contributed by atoms with E-state index in [1.54, 1.807) is 0 Å². The molecule has 0 aliphatic carbocycles. The number of rotatable bonds is 2. The number of aryl methyl sites for hydroxylation is 1. The number of nitrogens with two attached hydrogens (primary N) is 1. The third kappa shape index (κ3) is 1.23. The lowest BCUT2D eigenvalue weighted by molar-refractivity contribution is 1.07. The van der Waals surface area contributed by atoms with E-state index in [4.69, 9.17) is 5.73 Å². The van der Waals surface area contributed by atoms with Crippen LogP contribution in [0.1, 0.15) is 18.1 Å². The summed E-state index contributed by atoms with van der Waals surface area (Å²) in [6.07, 6.45) is 3.06. The van der Waals surface area contributed by atoms with Crippen molar-refractivity contribution in [2.24, 2.45) is 5.73 Å². The maximum Gasteiger partial charge on any atom is 0.0460 e. The fourth-order valence-corrected chi connectivity index (χ4v) is 1.79. The maximum absolute atomic E-state index is 5.66. The summed E-state index contributed by atoms with van der Waals surface area (Å²) in [5.41, 5.74) is 9.45. The highest BCUT2D eigenvalue weighted by atomic mass is 14.7. The Morgan fingerprint density at radius 1 is 1.31 bits per heavy atom. The minimum absolute atomic E-state index is 0.608. The summed E-state index contributed by atoms with van der Waals surface area (Å²) in [4.78, 5) is 3.23. The van der Waals surface area contributed by atoms with Gasteiger partial charge in [0.05, 0.1) is 0 Å². The molecular formula is C11H14N2. The van der Waals surface area contributed by atoms with Crippen LogP contribution in [0.3, 0.4) is 0 Å². The number of aromatic nitrogens is 1. The van der Waals surface area contributed by atoms with Crippen LogP contribution in [0.5, 0.6) is 0 Å². The zero-order chi connectivity index (χ0) is 9.26. The van der Waals surface area contributed by atoms with Gasteiger partial charge >= 0.3 is 0 Å². The van der Waals surface area contributed by atoms with Crippen LogP contribution in [0.2, 0.25) is 0 Å². The molecule has 2 nitrogen and oxygen atoms in total. The smallest absolute Gasteiger partial charge is 0.0460 e. The Morgan fingerprint density at radius 3 is 2.85 bits per heavy atom. The summed E-state index contributed by atoms with van der Waals surface area (Å²) in [6, 6.07) is 6.33. The van der Waals surface area contributed by atoms with Gasteiger partial charge in [0.15, 0.2) is 0 Å². The molecule has 0 atom stereocenters. The minimum Gasteiger partial charge on any atom is -0.361 e. The van der Waals surface area contributed by atoms with Gasteiger partial charge in [-0.25, -0.2) is 0 Å². The molecule has 1 aromatic carbocycles. The van der Waals surface area contributed by atoms with Gasteiger partial charge in [0.2, 0.25) is 0 Å². The Balaban J connectivity index is 2.76. The van der Waals surface area contributed by atoms with Crippen LogP contribution in [0.4, 0.5) is 0 Å². The van der Waals surface area contributed by atoms with E-state index in [9.17, 15) is 0 Å². The molecule has 0 fully saturated rings. The van der Waals surface area contributed by atoms with E-state index < -0.39 is 0 Å². The van der Waals surface area contributed by atoms with Gasteiger partial charge in [-0.2, -0.15) is 0 Å². The lowest BCUT2D eigenvalue weighted by Crippen LogP contribution is -1.95. The molecule has 2 heteroatoms. The number of benzene rings is 1. The fraction of sp³-hybridized carbons (Fsp3) is 0.273. The molecule has 2 rings (SSSR count). The number of H-pyrrole nitrogens is 1. The molecule has 0 spiro atoms. The fourth-order valence-electron chi connectivity index (χ4n) is 1.79. The first-order valence-electron chi connectivity index (χ1n) is 4.64. The standard InChI is InChI=1S/C11H14N2/c1-2-8-4-3-5-10-11(8)9(6-12)7-13-10/h3-5,7,13H,2,6,12H2,1H3. The predicted octanol–water partition coefficient (Wildman–Crippen LogP) is 2.19. The minimum atomic E-state index is 0.608. The second kappa shape index (κ2) is 3.23. The van der Waals surface area contributed by atoms with Crippen LogP contribution in [0.15, 0.2) is 24.4 Å². The van der Waals surface area contributed by atoms with Crippen molar-refractivity contribution in [1.29, 1.82) is 0 Å². The quantitative estimate of drug-likeness (QED) is 0.720. The molecular weight excluding hydrogens is 160 g/mol. The zero-order valence-corrected chi connectivity index (χ0v) is 7.80. The number of aromatic amines is 1. The third-order valence-corrected chi connectivity index (χ3v) is 2.47. The first-order valence-corrected chi connectivity index (χ1v) is 4.64. The van der Waals surface area contributed by atoms with E-state index in [2.05, 4.69) is 30.1 Å². The monoisotopic (exact) mass is 174 g/mol. The Kier molecular flexibility index (Phi) is 2.07. The summed E-state index contributed by atoms with van der Waals surface area (Å²) in [6.45, 7) is 2.78. The van der Waals surface area contributed by atoms with Crippen LogP contribution >= 0.6 is 0 Å². The second-order valence-corrected chi connectivity index (χ2v) is 3.21. The van der Waals surface area contributed by atoms with Gasteiger partial charge in [-0.3, -0.25) is 0 Å². The van der Waals surface area contributed by atoms with Crippen LogP contribution in [-0.2, 0) is 13.0 Å². The van der Waals surface area contributed by atoms with Crippen molar-refractivity contribution in [3.8, 4) is 0 Å². The van der Waals surface area contributed by atoms with E-state index in [-0.39, 0.29) is 0 Å².